The van der Waals surface area contributed by atoms with Gasteiger partial charge in [-0.1, -0.05) is 26.0 Å². The fraction of sp³-hybridized carbons (Fsp3) is 0.250. The van der Waals surface area contributed by atoms with Gasteiger partial charge in [0.1, 0.15) is 10.7 Å². The van der Waals surface area contributed by atoms with Gasteiger partial charge >= 0.3 is 5.97 Å². The number of hydrogen-bond acceptors (Lipinski definition) is 2. The topological polar surface area (TPSA) is 37.3 Å². The first kappa shape index (κ1) is 11.1. The zero-order valence-electron chi connectivity index (χ0n) is 8.95. The molecule has 0 bridgehead atoms. The first-order valence-electron chi connectivity index (χ1n) is 4.96. The molecule has 0 aliphatic heterocycles. The van der Waals surface area contributed by atoms with Crippen molar-refractivity contribution in [2.75, 3.05) is 0 Å². The van der Waals surface area contributed by atoms with Gasteiger partial charge in [-0.3, -0.25) is 0 Å². The van der Waals surface area contributed by atoms with E-state index in [-0.39, 0.29) is 16.6 Å². The highest BCUT2D eigenvalue weighted by Gasteiger charge is 2.21. The number of carbonyl (C=O) groups is 1. The van der Waals surface area contributed by atoms with Crippen LogP contribution in [0.15, 0.2) is 18.2 Å². The van der Waals surface area contributed by atoms with Gasteiger partial charge < -0.3 is 5.11 Å². The molecule has 1 aromatic carbocycles. The Hall–Kier alpha value is -1.42. The largest absolute Gasteiger partial charge is 0.477 e. The molecule has 1 N–H and O–H groups in total. The molecule has 0 spiro atoms. The maximum Gasteiger partial charge on any atom is 0.346 e. The summed E-state index contributed by atoms with van der Waals surface area (Å²) < 4.78 is 14.0. The average Bonchev–Trinajstić information content (AvgIpc) is 2.58. The molecule has 2 nitrogen and oxygen atoms in total. The fourth-order valence-electron chi connectivity index (χ4n) is 1.84. The van der Waals surface area contributed by atoms with Crippen molar-refractivity contribution < 1.29 is 14.3 Å². The van der Waals surface area contributed by atoms with E-state index < -0.39 is 5.97 Å². The van der Waals surface area contributed by atoms with Crippen LogP contribution in [0, 0.1) is 5.82 Å². The van der Waals surface area contributed by atoms with Crippen LogP contribution in [0.1, 0.15) is 35.0 Å². The standard InChI is InChI=1S/C12H11FO2S/c1-6(2)9-7-4-3-5-8(13)10(7)16-11(9)12(14)15/h3-6H,1-2H3,(H,14,15). The minimum Gasteiger partial charge on any atom is -0.477 e. The van der Waals surface area contributed by atoms with E-state index in [0.717, 1.165) is 22.3 Å². The normalized spacial score (nSPS) is 11.2. The zero-order valence-corrected chi connectivity index (χ0v) is 9.77. The smallest absolute Gasteiger partial charge is 0.346 e. The van der Waals surface area contributed by atoms with E-state index in [9.17, 15) is 9.18 Å². The molecule has 0 aliphatic carbocycles. The molecule has 2 aromatic rings. The van der Waals surface area contributed by atoms with Crippen LogP contribution in [0.5, 0.6) is 0 Å². The number of fused-ring (bicyclic) bond motifs is 1. The van der Waals surface area contributed by atoms with Crippen molar-refractivity contribution in [3.63, 3.8) is 0 Å². The fourth-order valence-corrected chi connectivity index (χ4v) is 3.04. The predicted octanol–water partition coefficient (Wildman–Crippen LogP) is 3.86. The van der Waals surface area contributed by atoms with Gasteiger partial charge in [0, 0.05) is 0 Å². The van der Waals surface area contributed by atoms with E-state index in [4.69, 9.17) is 5.11 Å². The molecular weight excluding hydrogens is 227 g/mol. The number of benzene rings is 1. The number of aromatic carboxylic acids is 1. The Bertz CT molecular complexity index is 557. The minimum atomic E-state index is -0.982. The second-order valence-corrected chi connectivity index (χ2v) is 4.94. The van der Waals surface area contributed by atoms with Gasteiger partial charge in [-0.2, -0.15) is 0 Å². The number of rotatable bonds is 2. The molecule has 0 unspecified atom stereocenters. The van der Waals surface area contributed by atoms with E-state index in [1.807, 2.05) is 13.8 Å². The zero-order chi connectivity index (χ0) is 11.9. The summed E-state index contributed by atoms with van der Waals surface area (Å²) >= 11 is 1.01. The maximum atomic E-state index is 13.5. The Morgan fingerprint density at radius 2 is 2.12 bits per heavy atom. The number of thiophene rings is 1. The van der Waals surface area contributed by atoms with Crippen LogP contribution in [-0.2, 0) is 0 Å². The van der Waals surface area contributed by atoms with Crippen molar-refractivity contribution in [1.82, 2.24) is 0 Å². The molecule has 4 heteroatoms. The van der Waals surface area contributed by atoms with Crippen molar-refractivity contribution in [3.05, 3.63) is 34.5 Å². The quantitative estimate of drug-likeness (QED) is 0.862. The molecule has 16 heavy (non-hydrogen) atoms. The third kappa shape index (κ3) is 1.59. The van der Waals surface area contributed by atoms with Gasteiger partial charge in [-0.05, 0) is 22.9 Å². The Kier molecular flexibility index (Phi) is 2.68. The van der Waals surface area contributed by atoms with Crippen molar-refractivity contribution in [1.29, 1.82) is 0 Å². The van der Waals surface area contributed by atoms with Gasteiger partial charge in [0.15, 0.2) is 0 Å². The first-order chi connectivity index (χ1) is 7.52. The minimum absolute atomic E-state index is 0.0710. The molecule has 1 aromatic heterocycles. The van der Waals surface area contributed by atoms with E-state index >= 15 is 0 Å². The third-order valence-corrected chi connectivity index (χ3v) is 3.70. The van der Waals surface area contributed by atoms with Crippen LogP contribution >= 0.6 is 11.3 Å². The van der Waals surface area contributed by atoms with Crippen LogP contribution in [-0.4, -0.2) is 11.1 Å². The summed E-state index contributed by atoms with van der Waals surface area (Å²) in [6.45, 7) is 3.83. The molecule has 2 rings (SSSR count). The summed E-state index contributed by atoms with van der Waals surface area (Å²) in [5, 5.41) is 9.81. The average molecular weight is 238 g/mol. The van der Waals surface area contributed by atoms with Gasteiger partial charge in [0.2, 0.25) is 0 Å². The molecule has 1 heterocycles. The summed E-state index contributed by atoms with van der Waals surface area (Å²) in [5.41, 5.74) is 0.729. The Morgan fingerprint density at radius 3 is 2.69 bits per heavy atom. The number of hydrogen-bond donors (Lipinski definition) is 1. The predicted molar refractivity (Wildman–Crippen MR) is 62.8 cm³/mol. The number of carboxylic acid groups (broad SMARTS) is 1. The summed E-state index contributed by atoms with van der Waals surface area (Å²) in [7, 11) is 0. The Labute approximate surface area is 96.3 Å². The van der Waals surface area contributed by atoms with Crippen LogP contribution in [0.25, 0.3) is 10.1 Å². The Morgan fingerprint density at radius 1 is 1.44 bits per heavy atom. The second-order valence-electron chi connectivity index (χ2n) is 3.92. The van der Waals surface area contributed by atoms with E-state index in [2.05, 4.69) is 0 Å². The monoisotopic (exact) mass is 238 g/mol. The van der Waals surface area contributed by atoms with Crippen molar-refractivity contribution >= 4 is 27.4 Å². The molecular formula is C12H11FO2S. The van der Waals surface area contributed by atoms with E-state index in [1.54, 1.807) is 12.1 Å². The molecule has 0 aliphatic rings. The highest BCUT2D eigenvalue weighted by Crippen LogP contribution is 2.37. The SMILES string of the molecule is CC(C)c1c(C(=O)O)sc2c(F)cccc12. The van der Waals surface area contributed by atoms with Crippen molar-refractivity contribution in [2.24, 2.45) is 0 Å². The lowest BCUT2D eigenvalue weighted by Gasteiger charge is -2.04. The van der Waals surface area contributed by atoms with E-state index in [0.29, 0.717) is 4.70 Å². The van der Waals surface area contributed by atoms with Crippen LogP contribution < -0.4 is 0 Å². The molecule has 0 atom stereocenters. The van der Waals surface area contributed by atoms with Crippen LogP contribution in [0.3, 0.4) is 0 Å². The summed E-state index contributed by atoms with van der Waals surface area (Å²) in [6.07, 6.45) is 0. The number of halogens is 1. The van der Waals surface area contributed by atoms with Gasteiger partial charge in [0.25, 0.3) is 0 Å². The van der Waals surface area contributed by atoms with Crippen LogP contribution in [0.2, 0.25) is 0 Å². The second kappa shape index (κ2) is 3.87. The molecule has 0 fully saturated rings. The highest BCUT2D eigenvalue weighted by atomic mass is 32.1. The van der Waals surface area contributed by atoms with Gasteiger partial charge in [0.05, 0.1) is 4.70 Å². The Balaban J connectivity index is 2.86. The lowest BCUT2D eigenvalue weighted by Crippen LogP contribution is -1.99. The molecule has 84 valence electrons. The van der Waals surface area contributed by atoms with E-state index in [1.165, 1.54) is 6.07 Å². The molecule has 0 saturated carbocycles. The van der Waals surface area contributed by atoms with Crippen molar-refractivity contribution in [3.8, 4) is 0 Å². The summed E-state index contributed by atoms with van der Waals surface area (Å²) in [4.78, 5) is 11.3. The molecule has 0 radical (unpaired) electrons. The van der Waals surface area contributed by atoms with Gasteiger partial charge in [-0.25, -0.2) is 9.18 Å². The molecule has 0 saturated heterocycles. The summed E-state index contributed by atoms with van der Waals surface area (Å²) in [6, 6.07) is 4.74. The lowest BCUT2D eigenvalue weighted by atomic mass is 9.99. The first-order valence-corrected chi connectivity index (χ1v) is 5.78. The lowest BCUT2D eigenvalue weighted by molar-refractivity contribution is 0.0701. The van der Waals surface area contributed by atoms with Gasteiger partial charge in [-0.15, -0.1) is 11.3 Å². The number of carboxylic acids is 1. The maximum absolute atomic E-state index is 13.5. The van der Waals surface area contributed by atoms with Crippen LogP contribution in [0.4, 0.5) is 4.39 Å². The molecule has 0 amide bonds. The summed E-state index contributed by atoms with van der Waals surface area (Å²) in [5.74, 6) is -1.26. The van der Waals surface area contributed by atoms with Crippen molar-refractivity contribution in [2.45, 2.75) is 19.8 Å². The third-order valence-electron chi connectivity index (χ3n) is 2.48. The highest BCUT2D eigenvalue weighted by molar-refractivity contribution is 7.21.